The van der Waals surface area contributed by atoms with E-state index in [1.54, 1.807) is 36.4 Å². The third-order valence-corrected chi connectivity index (χ3v) is 4.45. The molecule has 156 valence electrons. The summed E-state index contributed by atoms with van der Waals surface area (Å²) < 4.78 is 44.9. The third-order valence-electron chi connectivity index (χ3n) is 3.71. The first-order valence-electron chi connectivity index (χ1n) is 8.36. The Hall–Kier alpha value is -3.04. The van der Waals surface area contributed by atoms with Gasteiger partial charge in [0.25, 0.3) is 5.91 Å². The smallest absolute Gasteiger partial charge is 0.423 e. The fourth-order valence-electron chi connectivity index (χ4n) is 2.30. The van der Waals surface area contributed by atoms with Gasteiger partial charge in [0.1, 0.15) is 5.56 Å². The molecule has 0 aliphatic rings. The fraction of sp³-hybridized carbons (Fsp3) is 0.105. The minimum Gasteiger partial charge on any atom is -0.456 e. The van der Waals surface area contributed by atoms with Gasteiger partial charge in [0.2, 0.25) is 11.8 Å². The van der Waals surface area contributed by atoms with Crippen LogP contribution in [-0.2, 0) is 6.18 Å². The average Bonchev–Trinajstić information content (AvgIpc) is 2.70. The SMILES string of the molecule is O=C(NCOc1nc(Nc2ccc(Cl)c(Cl)c2)ncc1C(F)(F)F)c1ccccc1. The van der Waals surface area contributed by atoms with Gasteiger partial charge in [0.05, 0.1) is 10.0 Å². The van der Waals surface area contributed by atoms with Gasteiger partial charge in [0, 0.05) is 17.4 Å². The molecule has 0 spiro atoms. The molecule has 1 heterocycles. The van der Waals surface area contributed by atoms with Crippen LogP contribution < -0.4 is 15.4 Å². The number of halogens is 5. The lowest BCUT2D eigenvalue weighted by Gasteiger charge is -2.14. The lowest BCUT2D eigenvalue weighted by molar-refractivity contribution is -0.139. The van der Waals surface area contributed by atoms with E-state index in [1.165, 1.54) is 12.1 Å². The minimum atomic E-state index is -4.75. The van der Waals surface area contributed by atoms with Crippen molar-refractivity contribution < 1.29 is 22.7 Å². The number of carbonyl (C=O) groups excluding carboxylic acids is 1. The van der Waals surface area contributed by atoms with Crippen LogP contribution in [0.2, 0.25) is 10.0 Å². The van der Waals surface area contributed by atoms with Gasteiger partial charge >= 0.3 is 6.18 Å². The molecule has 1 aromatic heterocycles. The van der Waals surface area contributed by atoms with Crippen LogP contribution in [0.3, 0.4) is 0 Å². The number of nitrogens with zero attached hydrogens (tertiary/aromatic N) is 2. The fourth-order valence-corrected chi connectivity index (χ4v) is 2.59. The Bertz CT molecular complexity index is 1050. The van der Waals surface area contributed by atoms with Crippen molar-refractivity contribution in [3.8, 4) is 5.88 Å². The normalized spacial score (nSPS) is 11.1. The maximum absolute atomic E-state index is 13.3. The maximum Gasteiger partial charge on any atom is 0.423 e. The van der Waals surface area contributed by atoms with Crippen molar-refractivity contribution in [3.05, 3.63) is 75.9 Å². The first-order chi connectivity index (χ1) is 14.2. The van der Waals surface area contributed by atoms with E-state index in [0.717, 1.165) is 0 Å². The highest BCUT2D eigenvalue weighted by Crippen LogP contribution is 2.35. The lowest BCUT2D eigenvalue weighted by atomic mass is 10.2. The van der Waals surface area contributed by atoms with Crippen LogP contribution >= 0.6 is 23.2 Å². The van der Waals surface area contributed by atoms with Crippen LogP contribution in [0.1, 0.15) is 15.9 Å². The van der Waals surface area contributed by atoms with Crippen LogP contribution in [0, 0.1) is 0 Å². The first-order valence-corrected chi connectivity index (χ1v) is 9.12. The van der Waals surface area contributed by atoms with E-state index in [1.807, 2.05) is 0 Å². The standard InChI is InChI=1S/C19H13Cl2F3N4O2/c20-14-7-6-12(8-15(14)21)27-18-25-9-13(19(22,23)24)17(28-18)30-10-26-16(29)11-4-2-1-3-5-11/h1-9H,10H2,(H,26,29)(H,25,27,28). The summed E-state index contributed by atoms with van der Waals surface area (Å²) in [7, 11) is 0. The van der Waals surface area contributed by atoms with Crippen LogP contribution in [0.5, 0.6) is 5.88 Å². The van der Waals surface area contributed by atoms with E-state index in [-0.39, 0.29) is 11.0 Å². The number of anilines is 2. The summed E-state index contributed by atoms with van der Waals surface area (Å²) in [6.45, 7) is -0.528. The molecule has 0 aliphatic heterocycles. The summed E-state index contributed by atoms with van der Waals surface area (Å²) in [5, 5.41) is 5.64. The van der Waals surface area contributed by atoms with E-state index in [0.29, 0.717) is 22.5 Å². The van der Waals surface area contributed by atoms with Crippen molar-refractivity contribution in [2.75, 3.05) is 12.0 Å². The van der Waals surface area contributed by atoms with Gasteiger partial charge < -0.3 is 15.4 Å². The molecule has 0 fully saturated rings. The largest absolute Gasteiger partial charge is 0.456 e. The van der Waals surface area contributed by atoms with Crippen molar-refractivity contribution in [3.63, 3.8) is 0 Å². The van der Waals surface area contributed by atoms with Crippen LogP contribution in [0.15, 0.2) is 54.7 Å². The number of rotatable bonds is 6. The number of carbonyl (C=O) groups is 1. The zero-order valence-corrected chi connectivity index (χ0v) is 16.5. The Kier molecular flexibility index (Phi) is 6.63. The molecule has 0 saturated heterocycles. The number of benzene rings is 2. The summed E-state index contributed by atoms with van der Waals surface area (Å²) in [5.41, 5.74) is -0.439. The Morgan fingerprint density at radius 2 is 1.80 bits per heavy atom. The van der Waals surface area contributed by atoms with Gasteiger partial charge in [-0.25, -0.2) is 4.98 Å². The van der Waals surface area contributed by atoms with Crippen LogP contribution in [0.25, 0.3) is 0 Å². The molecule has 30 heavy (non-hydrogen) atoms. The van der Waals surface area contributed by atoms with Gasteiger partial charge in [-0.05, 0) is 30.3 Å². The molecule has 0 atom stereocenters. The number of nitrogens with one attached hydrogen (secondary N) is 2. The van der Waals surface area contributed by atoms with Crippen LogP contribution in [-0.4, -0.2) is 22.6 Å². The molecule has 0 bridgehead atoms. The van der Waals surface area contributed by atoms with Gasteiger partial charge in [-0.2, -0.15) is 18.2 Å². The summed E-state index contributed by atoms with van der Waals surface area (Å²) in [6.07, 6.45) is -4.16. The van der Waals surface area contributed by atoms with E-state index < -0.39 is 30.3 Å². The predicted molar refractivity (Wildman–Crippen MR) is 106 cm³/mol. The number of alkyl halides is 3. The molecule has 0 unspecified atom stereocenters. The number of amides is 1. The van der Waals surface area contributed by atoms with E-state index in [4.69, 9.17) is 27.9 Å². The monoisotopic (exact) mass is 456 g/mol. The zero-order valence-electron chi connectivity index (χ0n) is 15.0. The topological polar surface area (TPSA) is 76.1 Å². The lowest BCUT2D eigenvalue weighted by Crippen LogP contribution is -2.28. The maximum atomic E-state index is 13.3. The molecule has 11 heteroatoms. The minimum absolute atomic E-state index is 0.161. The van der Waals surface area contributed by atoms with Crippen molar-refractivity contribution in [2.45, 2.75) is 6.18 Å². The molecular formula is C19H13Cl2F3N4O2. The summed E-state index contributed by atoms with van der Waals surface area (Å²) >= 11 is 11.8. The van der Waals surface area contributed by atoms with Gasteiger partial charge in [-0.3, -0.25) is 4.79 Å². The predicted octanol–water partition coefficient (Wildman–Crippen LogP) is 5.31. The number of ether oxygens (including phenoxy) is 1. The summed E-state index contributed by atoms with van der Waals surface area (Å²) in [5.74, 6) is -1.41. The van der Waals surface area contributed by atoms with Crippen molar-refractivity contribution in [1.29, 1.82) is 0 Å². The molecule has 3 rings (SSSR count). The quantitative estimate of drug-likeness (QED) is 0.491. The molecule has 0 aliphatic carbocycles. The Balaban J connectivity index is 1.76. The number of hydrogen-bond donors (Lipinski definition) is 2. The highest BCUT2D eigenvalue weighted by molar-refractivity contribution is 6.42. The molecule has 6 nitrogen and oxygen atoms in total. The Labute approximate surface area is 179 Å². The third kappa shape index (κ3) is 5.52. The highest BCUT2D eigenvalue weighted by Gasteiger charge is 2.36. The second kappa shape index (κ2) is 9.19. The molecular weight excluding hydrogens is 444 g/mol. The molecule has 0 saturated carbocycles. The van der Waals surface area contributed by atoms with Gasteiger partial charge in [0.15, 0.2) is 6.73 Å². The van der Waals surface area contributed by atoms with Gasteiger partial charge in [-0.1, -0.05) is 41.4 Å². The molecule has 3 aromatic rings. The van der Waals surface area contributed by atoms with E-state index >= 15 is 0 Å². The van der Waals surface area contributed by atoms with Gasteiger partial charge in [-0.15, -0.1) is 0 Å². The molecule has 2 N–H and O–H groups in total. The summed E-state index contributed by atoms with van der Waals surface area (Å²) in [4.78, 5) is 19.4. The average molecular weight is 457 g/mol. The second-order valence-electron chi connectivity index (χ2n) is 5.82. The van der Waals surface area contributed by atoms with E-state index in [9.17, 15) is 18.0 Å². The van der Waals surface area contributed by atoms with Crippen molar-refractivity contribution in [2.24, 2.45) is 0 Å². The van der Waals surface area contributed by atoms with Crippen molar-refractivity contribution >= 4 is 40.7 Å². The van der Waals surface area contributed by atoms with Crippen molar-refractivity contribution in [1.82, 2.24) is 15.3 Å². The molecule has 0 radical (unpaired) electrons. The molecule has 2 aromatic carbocycles. The Morgan fingerprint density at radius 3 is 2.47 bits per heavy atom. The van der Waals surface area contributed by atoms with E-state index in [2.05, 4.69) is 20.6 Å². The Morgan fingerprint density at radius 1 is 1.07 bits per heavy atom. The second-order valence-corrected chi connectivity index (χ2v) is 6.64. The first kappa shape index (κ1) is 21.7. The molecule has 1 amide bonds. The summed E-state index contributed by atoms with van der Waals surface area (Å²) in [6, 6.07) is 12.7. The number of aromatic nitrogens is 2. The number of hydrogen-bond acceptors (Lipinski definition) is 5. The zero-order chi connectivity index (χ0) is 21.7. The highest BCUT2D eigenvalue weighted by atomic mass is 35.5. The van der Waals surface area contributed by atoms with Crippen LogP contribution in [0.4, 0.5) is 24.8 Å².